The fourth-order valence-corrected chi connectivity index (χ4v) is 14.7. The highest BCUT2D eigenvalue weighted by Crippen LogP contribution is 2.23. The van der Waals surface area contributed by atoms with Crippen molar-refractivity contribution in [3.05, 3.63) is 108 Å². The van der Waals surface area contributed by atoms with E-state index in [1.54, 1.807) is 113 Å². The molecule has 5 rings (SSSR count). The summed E-state index contributed by atoms with van der Waals surface area (Å²) in [6.07, 6.45) is -3.38. The van der Waals surface area contributed by atoms with Gasteiger partial charge in [-0.15, -0.1) is 0 Å². The molecule has 51 heteroatoms. The molecule has 0 aliphatic carbocycles. The molecule has 1 aromatic heterocycles. The van der Waals surface area contributed by atoms with Crippen molar-refractivity contribution in [3.63, 3.8) is 0 Å². The maximum atomic E-state index is 15.1. The second kappa shape index (κ2) is 58.4. The molecule has 16 atom stereocenters. The number of aromatic nitrogens is 1. The molecule has 772 valence electrons. The molecule has 0 spiro atoms. The van der Waals surface area contributed by atoms with Gasteiger partial charge in [-0.25, -0.2) is 0 Å². The van der Waals surface area contributed by atoms with Crippen LogP contribution in [0.25, 0.3) is 10.9 Å². The van der Waals surface area contributed by atoms with Gasteiger partial charge >= 0.3 is 5.97 Å². The number of hydrogen-bond acceptors (Lipinski definition) is 26. The number of aliphatic hydroxyl groups is 2. The molecule has 141 heavy (non-hydrogen) atoms. The third-order valence-electron chi connectivity index (χ3n) is 22.1. The van der Waals surface area contributed by atoms with Gasteiger partial charge in [0.2, 0.25) is 124 Å². The number of aliphatic hydroxyl groups excluding tert-OH is 2. The fraction of sp³-hybridized carbons (Fsp3) is 0.522. The monoisotopic (exact) mass is 1980 g/mol. The van der Waals surface area contributed by atoms with Gasteiger partial charge in [-0.05, 0) is 113 Å². The number of likely N-dealkylation sites (tertiary alicyclic amines) is 1. The Morgan fingerprint density at radius 1 is 0.411 bits per heavy atom. The van der Waals surface area contributed by atoms with E-state index in [9.17, 15) is 116 Å². The molecule has 51 nitrogen and oxygen atoms in total. The standard InChI is InChI=1S/C90H132N26O25/c1-45(2)34-60(105-72(123)42-101-77(129)56(28-31-73(124)125)104-71(122)41-100-75(127)47(5)91)82(134)113-64(39-70(94)121)85(137)115-65(43-117)86(138)107-57(26-29-68(92)119)80(132)111-62(37-51-20-12-9-13-21-51)83(135)112-63(38-52-40-99-54-23-15-14-22-53(52)54)84(136)114-66(44-118)87(139)110-61(35-46(3)4)81(133)102-48(6)76(128)103-49(7)89(141)116-33-17-25-67(116)88(140)108-58(27-30-69(93)120)79(131)106-55(24-16-32-98-90(96)97)78(130)109-59(74(95)126)36-50-18-10-8-11-19-50/h8-15,18-23,40,45-49,55-67,99,117-118H,16-17,24-39,41-44,91H2,1-7H3,(H2,92,119)(H2,93,120)(H2,94,121)(H2,95,126)(H,100,127)(H,101,129)(H,102,133)(H,103,128)(H,104,122)(H,105,123)(H,106,131)(H,107,138)(H,108,140)(H,109,130)(H,110,139)(H,111,132)(H,112,135)(H,113,134)(H,114,136)(H,115,137)(H,124,125)(H4,96,97,98)/t47-,48-,49-,55-,56-,57-,58-,59-,60-,61-,62-,63-,64-,65-,66-,67-/m0/s1. The van der Waals surface area contributed by atoms with Crippen molar-refractivity contribution in [2.45, 2.75) is 248 Å². The molecule has 0 saturated carbocycles. The molecule has 0 radical (unpaired) electrons. The maximum absolute atomic E-state index is 15.1. The molecule has 2 heterocycles. The van der Waals surface area contributed by atoms with Crippen molar-refractivity contribution < 1.29 is 121 Å². The lowest BCUT2D eigenvalue weighted by Crippen LogP contribution is -2.62. The van der Waals surface area contributed by atoms with E-state index in [1.807, 2.05) is 0 Å². The second-order valence-electron chi connectivity index (χ2n) is 34.8. The number of guanidine groups is 1. The quantitative estimate of drug-likeness (QED) is 0.0111. The molecule has 1 saturated heterocycles. The fourth-order valence-electron chi connectivity index (χ4n) is 14.7. The van der Waals surface area contributed by atoms with Crippen molar-refractivity contribution in [1.29, 1.82) is 5.41 Å². The number of carboxylic acids is 1. The number of carbonyl (C=O) groups is 22. The molecule has 1 aliphatic rings. The first-order valence-electron chi connectivity index (χ1n) is 45.7. The minimum Gasteiger partial charge on any atom is -0.481 e. The second-order valence-corrected chi connectivity index (χ2v) is 34.8. The van der Waals surface area contributed by atoms with E-state index in [0.717, 1.165) is 4.90 Å². The zero-order valence-corrected chi connectivity index (χ0v) is 79.3. The average molecular weight is 1980 g/mol. The number of fused-ring (bicyclic) bond motifs is 1. The van der Waals surface area contributed by atoms with E-state index in [-0.39, 0.29) is 89.2 Å². The molecule has 0 bridgehead atoms. The number of benzene rings is 3. The molecule has 1 fully saturated rings. The van der Waals surface area contributed by atoms with Crippen LogP contribution in [0.15, 0.2) is 91.1 Å². The molecular weight excluding hydrogens is 1850 g/mol. The zero-order chi connectivity index (χ0) is 105. The summed E-state index contributed by atoms with van der Waals surface area (Å²) >= 11 is 0. The van der Waals surface area contributed by atoms with Gasteiger partial charge in [-0.2, -0.15) is 0 Å². The average Bonchev–Trinajstić information content (AvgIpc) is 1.66. The first-order valence-corrected chi connectivity index (χ1v) is 45.7. The summed E-state index contributed by atoms with van der Waals surface area (Å²) in [5, 5.41) is 80.1. The summed E-state index contributed by atoms with van der Waals surface area (Å²) in [5.74, 6) is -24.0. The number of aliphatic carboxylic acids is 1. The summed E-state index contributed by atoms with van der Waals surface area (Å²) in [5.41, 5.74) is 35.1. The Bertz CT molecular complexity index is 5080. The van der Waals surface area contributed by atoms with E-state index >= 15 is 4.79 Å². The smallest absolute Gasteiger partial charge is 0.303 e. The van der Waals surface area contributed by atoms with Gasteiger partial charge in [0.1, 0.15) is 90.6 Å². The van der Waals surface area contributed by atoms with E-state index < -0.39 is 297 Å². The highest BCUT2D eigenvalue weighted by atomic mass is 16.4. The van der Waals surface area contributed by atoms with Crippen molar-refractivity contribution in [2.75, 3.05) is 39.4 Å². The summed E-state index contributed by atoms with van der Waals surface area (Å²) in [6.45, 7) is 6.62. The number of carboxylic acid groups (broad SMARTS) is 1. The van der Waals surface area contributed by atoms with Gasteiger partial charge < -0.3 is 150 Å². The van der Waals surface area contributed by atoms with E-state index in [0.29, 0.717) is 27.6 Å². The summed E-state index contributed by atoms with van der Waals surface area (Å²) in [6, 6.07) is -1.91. The lowest BCUT2D eigenvalue weighted by atomic mass is 10.0. The predicted octanol–water partition coefficient (Wildman–Crippen LogP) is -9.31. The number of H-pyrrole nitrogens is 1. The minimum atomic E-state index is -2.07. The third-order valence-corrected chi connectivity index (χ3v) is 22.1. The van der Waals surface area contributed by atoms with Crippen molar-refractivity contribution in [2.24, 2.45) is 46.2 Å². The van der Waals surface area contributed by atoms with Crippen LogP contribution in [-0.4, -0.2) is 297 Å². The molecular formula is C90H132N26O25. The minimum absolute atomic E-state index is 0.0139. The number of rotatable bonds is 61. The van der Waals surface area contributed by atoms with Crippen LogP contribution < -0.4 is 125 Å². The molecule has 3 aromatic carbocycles. The number of nitrogens with zero attached hydrogens (tertiary/aromatic N) is 1. The Hall–Kier alpha value is -15.3. The Morgan fingerprint density at radius 3 is 1.30 bits per heavy atom. The van der Waals surface area contributed by atoms with E-state index in [4.69, 9.17) is 39.8 Å². The van der Waals surface area contributed by atoms with Gasteiger partial charge in [0.15, 0.2) is 5.96 Å². The van der Waals surface area contributed by atoms with Crippen LogP contribution in [0, 0.1) is 17.2 Å². The van der Waals surface area contributed by atoms with Crippen molar-refractivity contribution in [3.8, 4) is 0 Å². The van der Waals surface area contributed by atoms with E-state index in [1.165, 1.54) is 27.0 Å². The summed E-state index contributed by atoms with van der Waals surface area (Å²) < 4.78 is 0. The Morgan fingerprint density at radius 2 is 0.809 bits per heavy atom. The summed E-state index contributed by atoms with van der Waals surface area (Å²) in [7, 11) is 0. The van der Waals surface area contributed by atoms with Crippen LogP contribution in [0.4, 0.5) is 0 Å². The Balaban J connectivity index is 1.31. The van der Waals surface area contributed by atoms with Gasteiger partial charge in [0.25, 0.3) is 0 Å². The maximum Gasteiger partial charge on any atom is 0.303 e. The zero-order valence-electron chi connectivity index (χ0n) is 79.3. The Labute approximate surface area is 811 Å². The van der Waals surface area contributed by atoms with Crippen molar-refractivity contribution in [1.82, 2.24) is 100 Å². The lowest BCUT2D eigenvalue weighted by Gasteiger charge is -2.30. The number of nitrogens with two attached hydrogens (primary N) is 6. The largest absolute Gasteiger partial charge is 0.481 e. The first-order chi connectivity index (χ1) is 66.6. The first kappa shape index (κ1) is 116. The number of nitrogens with one attached hydrogen (secondary N) is 19. The van der Waals surface area contributed by atoms with Gasteiger partial charge in [0.05, 0.1) is 38.8 Å². The number of amides is 21. The van der Waals surface area contributed by atoms with E-state index in [2.05, 4.69) is 95.4 Å². The highest BCUT2D eigenvalue weighted by molar-refractivity contribution is 6.03. The highest BCUT2D eigenvalue weighted by Gasteiger charge is 2.42. The number of primary amides is 4. The molecule has 1 aliphatic heterocycles. The summed E-state index contributed by atoms with van der Waals surface area (Å²) in [4.78, 5) is 303. The third kappa shape index (κ3) is 40.7. The molecule has 21 amide bonds. The molecule has 34 N–H and O–H groups in total. The van der Waals surface area contributed by atoms with Gasteiger partial charge in [-0.1, -0.05) is 107 Å². The number of carbonyl (C=O) groups excluding carboxylic acids is 21. The lowest BCUT2D eigenvalue weighted by molar-refractivity contribution is -0.142. The van der Waals surface area contributed by atoms with Crippen molar-refractivity contribution >= 4 is 147 Å². The van der Waals surface area contributed by atoms with Crippen LogP contribution in [0.3, 0.4) is 0 Å². The molecule has 0 unspecified atom stereocenters. The number of aromatic amines is 1. The van der Waals surface area contributed by atoms with Crippen LogP contribution in [0.5, 0.6) is 0 Å². The topological polar surface area (TPSA) is 840 Å². The molecule has 4 aromatic rings. The van der Waals surface area contributed by atoms with Crippen LogP contribution in [0.1, 0.15) is 149 Å². The van der Waals surface area contributed by atoms with Crippen LogP contribution in [0.2, 0.25) is 0 Å². The predicted molar refractivity (Wildman–Crippen MR) is 504 cm³/mol. The number of hydrogen-bond donors (Lipinski definition) is 28. The normalized spacial score (nSPS) is 15.3. The van der Waals surface area contributed by atoms with Crippen LogP contribution >= 0.6 is 0 Å². The van der Waals surface area contributed by atoms with Gasteiger partial charge in [0, 0.05) is 68.7 Å². The number of para-hydroxylation sites is 1. The van der Waals surface area contributed by atoms with Gasteiger partial charge in [-0.3, -0.25) is 111 Å². The Kier molecular flexibility index (Phi) is 48.1. The van der Waals surface area contributed by atoms with Crippen LogP contribution in [-0.2, 0) is 125 Å². The SMILES string of the molecule is CC(C)C[C@H](NC(=O)CNC(=O)[C@H](CCC(=O)O)NC(=O)CNC(=O)[C@H](C)N)C(=O)N[C@@H](CC(N)=O)C(=O)N[C@@H](CO)C(=O)N[C@@H](CCC(N)=O)C(=O)N[C@@H](Cc1ccccc1)C(=O)N[C@@H](Cc1c[nH]c2ccccc12)C(=O)N[C@@H](CO)C(=O)N[C@@H](CC(C)C)C(=O)N[C@@H](C)C(=O)N[C@@H](C)C(=O)N1CCC[C@H]1C(=O)N[C@@H](CCC(N)=O)C(=O)N[C@@H](CCCNC(=N)N)C(=O)N[C@@H](Cc1ccccc1)C(N)=O.